The van der Waals surface area contributed by atoms with Crippen LogP contribution >= 0.6 is 23.2 Å². The highest BCUT2D eigenvalue weighted by atomic mass is 35.5. The van der Waals surface area contributed by atoms with Crippen LogP contribution in [0.25, 0.3) is 10.9 Å². The third kappa shape index (κ3) is 5.51. The molecule has 240 valence electrons. The quantitative estimate of drug-likeness (QED) is 0.398. The number of benzene rings is 2. The molecule has 6 rings (SSSR count). The summed E-state index contributed by atoms with van der Waals surface area (Å²) in [5.74, 6) is -1.16. The van der Waals surface area contributed by atoms with Gasteiger partial charge in [0.2, 0.25) is 21.8 Å². The fourth-order valence-corrected chi connectivity index (χ4v) is 9.07. The fourth-order valence-electron chi connectivity index (χ4n) is 6.81. The van der Waals surface area contributed by atoms with Gasteiger partial charge in [-0.2, -0.15) is 4.31 Å². The molecule has 0 saturated carbocycles. The third-order valence-corrected chi connectivity index (χ3v) is 12.1. The second-order valence-corrected chi connectivity index (χ2v) is 16.4. The van der Waals surface area contributed by atoms with Gasteiger partial charge in [0, 0.05) is 42.1 Å². The number of fused-ring (bicyclic) bond motifs is 2. The molecule has 3 fully saturated rings. The molecule has 2 N–H and O–H groups in total. The molecule has 3 aliphatic rings. The molecule has 0 spiro atoms. The van der Waals surface area contributed by atoms with Crippen molar-refractivity contribution in [1.29, 1.82) is 0 Å². The second kappa shape index (κ2) is 11.3. The zero-order valence-corrected chi connectivity index (χ0v) is 28.0. The summed E-state index contributed by atoms with van der Waals surface area (Å²) in [6, 6.07) is 12.7. The molecular weight excluding hydrogens is 637 g/mol. The smallest absolute Gasteiger partial charge is 0.268 e. The first-order chi connectivity index (χ1) is 21.1. The van der Waals surface area contributed by atoms with E-state index in [9.17, 15) is 22.8 Å². The minimum atomic E-state index is -3.94. The minimum Gasteiger partial charge on any atom is -0.351 e. The number of H-pyrrole nitrogens is 1. The van der Waals surface area contributed by atoms with Gasteiger partial charge in [-0.3, -0.25) is 14.4 Å². The number of aromatic amines is 1. The second-order valence-electron chi connectivity index (χ2n) is 13.6. The zero-order chi connectivity index (χ0) is 32.5. The predicted octanol–water partition coefficient (Wildman–Crippen LogP) is 4.53. The predicted molar refractivity (Wildman–Crippen MR) is 173 cm³/mol. The molecule has 0 bridgehead atoms. The molecule has 13 heteroatoms. The van der Waals surface area contributed by atoms with Crippen molar-refractivity contribution in [3.8, 4) is 0 Å². The molecule has 0 aliphatic carbocycles. The highest BCUT2D eigenvalue weighted by Gasteiger charge is 2.65. The number of halogens is 2. The largest absolute Gasteiger partial charge is 0.351 e. The molecule has 3 saturated heterocycles. The molecular formula is C32H37Cl2N5O5S. The molecule has 1 unspecified atom stereocenters. The Bertz CT molecular complexity index is 1770. The van der Waals surface area contributed by atoms with Crippen molar-refractivity contribution in [2.75, 3.05) is 26.2 Å². The van der Waals surface area contributed by atoms with Crippen LogP contribution in [0.4, 0.5) is 0 Å². The summed E-state index contributed by atoms with van der Waals surface area (Å²) in [4.78, 5) is 47.5. The van der Waals surface area contributed by atoms with Crippen LogP contribution in [0.3, 0.4) is 0 Å². The first-order valence-corrected chi connectivity index (χ1v) is 17.3. The molecule has 4 atom stereocenters. The van der Waals surface area contributed by atoms with E-state index in [4.69, 9.17) is 23.2 Å². The number of nitrogens with zero attached hydrogens (tertiary/aromatic N) is 3. The Morgan fingerprint density at radius 3 is 2.47 bits per heavy atom. The van der Waals surface area contributed by atoms with Crippen molar-refractivity contribution in [2.24, 2.45) is 11.3 Å². The summed E-state index contributed by atoms with van der Waals surface area (Å²) >= 11 is 12.3. The SMILES string of the molecule is CC(C)(C)[C@H](NC(=O)c1cc2ccccc2[nH]1)C(=O)N1C[C@H]2N(C(=O)C3CCCN(S(=O)(=O)c4cc(Cl)ccc4Cl)C3)C[C@]21C. The zero-order valence-electron chi connectivity index (χ0n) is 25.6. The number of hydrogen-bond acceptors (Lipinski definition) is 5. The number of nitrogens with one attached hydrogen (secondary N) is 2. The molecule has 4 heterocycles. The molecule has 2 aromatic carbocycles. The Morgan fingerprint density at radius 1 is 1.07 bits per heavy atom. The van der Waals surface area contributed by atoms with Crippen molar-refractivity contribution in [2.45, 2.75) is 63.1 Å². The van der Waals surface area contributed by atoms with Crippen LogP contribution in [0.2, 0.25) is 10.0 Å². The molecule has 1 aromatic heterocycles. The summed E-state index contributed by atoms with van der Waals surface area (Å²) in [6.45, 7) is 8.74. The standard InChI is InChI=1S/C32H37Cl2N5O5S/c1-31(2,3)27(36-28(40)24-14-19-8-5-6-10-23(19)35-24)30(42)39-17-26-32(39,4)18-38(26)29(41)20-9-7-13-37(16-20)45(43,44)25-15-21(33)11-12-22(25)34/h5-6,8,10-12,14-15,20,26-27,35H,7,9,13,16-18H2,1-4H3,(H,36,40)/t20?,26-,27-,32-/m1/s1. The summed E-state index contributed by atoms with van der Waals surface area (Å²) in [5, 5.41) is 4.21. The van der Waals surface area contributed by atoms with Crippen LogP contribution in [-0.4, -0.2) is 89.0 Å². The van der Waals surface area contributed by atoms with E-state index in [-0.39, 0.29) is 51.8 Å². The van der Waals surface area contributed by atoms with Crippen molar-refractivity contribution in [3.05, 3.63) is 64.3 Å². The number of para-hydroxylation sites is 1. The number of piperazine rings is 1. The number of rotatable bonds is 6. The fraction of sp³-hybridized carbons (Fsp3) is 0.469. The number of carbonyl (C=O) groups excluding carboxylic acids is 3. The highest BCUT2D eigenvalue weighted by molar-refractivity contribution is 7.89. The normalized spacial score (nSPS) is 24.4. The van der Waals surface area contributed by atoms with Crippen LogP contribution in [0.1, 0.15) is 51.0 Å². The van der Waals surface area contributed by atoms with E-state index in [2.05, 4.69) is 10.3 Å². The van der Waals surface area contributed by atoms with Gasteiger partial charge in [0.1, 0.15) is 16.6 Å². The Morgan fingerprint density at radius 2 is 1.80 bits per heavy atom. The van der Waals surface area contributed by atoms with Gasteiger partial charge in [-0.1, -0.05) is 62.2 Å². The van der Waals surface area contributed by atoms with E-state index in [0.29, 0.717) is 31.6 Å². The molecule has 45 heavy (non-hydrogen) atoms. The molecule has 3 amide bonds. The Labute approximate surface area is 273 Å². The van der Waals surface area contributed by atoms with E-state index in [1.54, 1.807) is 15.9 Å². The van der Waals surface area contributed by atoms with E-state index in [1.807, 2.05) is 52.0 Å². The van der Waals surface area contributed by atoms with Crippen LogP contribution < -0.4 is 5.32 Å². The van der Waals surface area contributed by atoms with Gasteiger partial charge in [-0.25, -0.2) is 8.42 Å². The average Bonchev–Trinajstić information content (AvgIpc) is 3.43. The maximum absolute atomic E-state index is 13.9. The maximum Gasteiger partial charge on any atom is 0.268 e. The summed E-state index contributed by atoms with van der Waals surface area (Å²) in [6.07, 6.45) is 1.11. The van der Waals surface area contributed by atoms with E-state index in [0.717, 1.165) is 10.9 Å². The minimum absolute atomic E-state index is 0.0540. The van der Waals surface area contributed by atoms with Gasteiger partial charge in [0.05, 0.1) is 22.5 Å². The lowest BCUT2D eigenvalue weighted by molar-refractivity contribution is -0.209. The van der Waals surface area contributed by atoms with E-state index < -0.39 is 32.9 Å². The summed E-state index contributed by atoms with van der Waals surface area (Å²) in [5.41, 5.74) is 0.0947. The number of likely N-dealkylation sites (tertiary alicyclic amines) is 2. The number of carbonyl (C=O) groups is 3. The lowest BCUT2D eigenvalue weighted by Gasteiger charge is -2.70. The third-order valence-electron chi connectivity index (χ3n) is 9.51. The highest BCUT2D eigenvalue weighted by Crippen LogP contribution is 2.46. The number of hydrogen-bond donors (Lipinski definition) is 2. The number of amides is 3. The number of sulfonamides is 1. The number of piperidine rings is 1. The molecule has 3 aliphatic heterocycles. The van der Waals surface area contributed by atoms with Crippen LogP contribution in [0.15, 0.2) is 53.4 Å². The first-order valence-electron chi connectivity index (χ1n) is 15.1. The Hall–Kier alpha value is -3.12. The Balaban J connectivity index is 1.11. The lowest BCUT2D eigenvalue weighted by atomic mass is 9.70. The molecule has 0 radical (unpaired) electrons. The van der Waals surface area contributed by atoms with Crippen molar-refractivity contribution >= 4 is 61.8 Å². The van der Waals surface area contributed by atoms with Crippen molar-refractivity contribution in [3.63, 3.8) is 0 Å². The summed E-state index contributed by atoms with van der Waals surface area (Å²) < 4.78 is 28.2. The monoisotopic (exact) mass is 673 g/mol. The molecule has 10 nitrogen and oxygen atoms in total. The average molecular weight is 675 g/mol. The van der Waals surface area contributed by atoms with Gasteiger partial charge >= 0.3 is 0 Å². The lowest BCUT2D eigenvalue weighted by Crippen LogP contribution is -2.89. The Kier molecular flexibility index (Phi) is 7.99. The van der Waals surface area contributed by atoms with Crippen LogP contribution in [0, 0.1) is 11.3 Å². The van der Waals surface area contributed by atoms with Gasteiger partial charge in [-0.15, -0.1) is 0 Å². The first kappa shape index (κ1) is 31.8. The van der Waals surface area contributed by atoms with Gasteiger partial charge in [-0.05, 0) is 55.5 Å². The van der Waals surface area contributed by atoms with E-state index in [1.165, 1.54) is 22.5 Å². The topological polar surface area (TPSA) is 123 Å². The van der Waals surface area contributed by atoms with Crippen molar-refractivity contribution in [1.82, 2.24) is 24.4 Å². The molecule has 3 aromatic rings. The van der Waals surface area contributed by atoms with Gasteiger partial charge in [0.15, 0.2) is 0 Å². The van der Waals surface area contributed by atoms with Gasteiger partial charge < -0.3 is 20.1 Å². The van der Waals surface area contributed by atoms with E-state index >= 15 is 0 Å². The van der Waals surface area contributed by atoms with Gasteiger partial charge in [0.25, 0.3) is 5.91 Å². The van der Waals surface area contributed by atoms with Crippen molar-refractivity contribution < 1.29 is 22.8 Å². The maximum atomic E-state index is 13.9. The number of aromatic nitrogens is 1. The summed E-state index contributed by atoms with van der Waals surface area (Å²) in [7, 11) is -3.94. The van der Waals surface area contributed by atoms with Crippen LogP contribution in [-0.2, 0) is 19.6 Å². The van der Waals surface area contributed by atoms with Crippen LogP contribution in [0.5, 0.6) is 0 Å².